The van der Waals surface area contributed by atoms with Crippen molar-refractivity contribution >= 4 is 5.97 Å². The van der Waals surface area contributed by atoms with Crippen LogP contribution in [-0.2, 0) is 27.1 Å². The maximum absolute atomic E-state index is 13.5. The summed E-state index contributed by atoms with van der Waals surface area (Å²) in [5.74, 6) is -0.406. The van der Waals surface area contributed by atoms with Gasteiger partial charge in [0.1, 0.15) is 5.82 Å². The van der Waals surface area contributed by atoms with E-state index in [9.17, 15) is 14.3 Å². The van der Waals surface area contributed by atoms with Crippen LogP contribution in [0.15, 0.2) is 48.5 Å². The Hall–Kier alpha value is -2.28. The van der Waals surface area contributed by atoms with E-state index in [0.29, 0.717) is 32.0 Å². The number of halogens is 1. The number of β-amino-alcohol motifs (C(OH)–C–C–N with tert-alkyl or cyclic N) is 1. The maximum atomic E-state index is 13.5. The van der Waals surface area contributed by atoms with Gasteiger partial charge in [-0.25, -0.2) is 4.39 Å². The summed E-state index contributed by atoms with van der Waals surface area (Å²) < 4.78 is 24.6. The van der Waals surface area contributed by atoms with E-state index in [1.54, 1.807) is 19.1 Å². The van der Waals surface area contributed by atoms with Gasteiger partial charge in [-0.2, -0.15) is 0 Å². The van der Waals surface area contributed by atoms with E-state index in [1.807, 2.05) is 37.3 Å². The number of ether oxygens (including phenoxy) is 2. The molecule has 5 nitrogen and oxygen atoms in total. The van der Waals surface area contributed by atoms with E-state index < -0.39 is 6.10 Å². The molecular formula is C27H36FNO4. The fourth-order valence-corrected chi connectivity index (χ4v) is 4.60. The molecule has 3 atom stereocenters. The molecule has 1 aliphatic rings. The third-order valence-electron chi connectivity index (χ3n) is 6.24. The Bertz CT molecular complexity index is 890. The number of esters is 1. The van der Waals surface area contributed by atoms with Gasteiger partial charge in [-0.1, -0.05) is 36.4 Å². The largest absolute Gasteiger partial charge is 0.466 e. The predicted octanol–water partition coefficient (Wildman–Crippen LogP) is 4.47. The van der Waals surface area contributed by atoms with E-state index in [2.05, 4.69) is 4.90 Å². The minimum absolute atomic E-state index is 0.195. The molecule has 0 aliphatic carbocycles. The average molecular weight is 458 g/mol. The van der Waals surface area contributed by atoms with Crippen molar-refractivity contribution in [2.45, 2.75) is 64.2 Å². The van der Waals surface area contributed by atoms with Gasteiger partial charge in [0.2, 0.25) is 0 Å². The summed E-state index contributed by atoms with van der Waals surface area (Å²) in [7, 11) is 0. The smallest absolute Gasteiger partial charge is 0.306 e. The number of nitrogens with zero attached hydrogens (tertiary/aromatic N) is 1. The molecule has 6 heteroatoms. The quantitative estimate of drug-likeness (QED) is 0.477. The molecule has 1 aliphatic heterocycles. The van der Waals surface area contributed by atoms with E-state index in [0.717, 1.165) is 42.5 Å². The number of carbonyl (C=O) groups excluding carboxylic acids is 1. The normalized spacial score (nSPS) is 18.2. The van der Waals surface area contributed by atoms with E-state index in [1.165, 1.54) is 6.07 Å². The number of aliphatic hydroxyl groups excluding tert-OH is 1. The van der Waals surface area contributed by atoms with Gasteiger partial charge >= 0.3 is 5.97 Å². The highest BCUT2D eigenvalue weighted by molar-refractivity contribution is 5.69. The SMILES string of the molecule is CCOC(=O)CCc1ccccc1C(C)OC[C@H](O)CN1CCC[C@H]1Cc1cccc(F)c1. The third-order valence-corrected chi connectivity index (χ3v) is 6.24. The van der Waals surface area contributed by atoms with E-state index in [4.69, 9.17) is 9.47 Å². The Balaban J connectivity index is 1.49. The van der Waals surface area contributed by atoms with Crippen LogP contribution in [0.3, 0.4) is 0 Å². The average Bonchev–Trinajstić information content (AvgIpc) is 3.22. The molecule has 1 fully saturated rings. The Morgan fingerprint density at radius 3 is 2.85 bits per heavy atom. The van der Waals surface area contributed by atoms with Gasteiger partial charge in [0, 0.05) is 19.0 Å². The zero-order chi connectivity index (χ0) is 23.6. The number of likely N-dealkylation sites (tertiary alicyclic amines) is 1. The molecule has 1 saturated heterocycles. The van der Waals surface area contributed by atoms with Gasteiger partial charge in [0.15, 0.2) is 0 Å². The monoisotopic (exact) mass is 457 g/mol. The van der Waals surface area contributed by atoms with Crippen LogP contribution in [0.2, 0.25) is 0 Å². The Morgan fingerprint density at radius 2 is 2.06 bits per heavy atom. The van der Waals surface area contributed by atoms with Gasteiger partial charge in [0.05, 0.1) is 25.4 Å². The summed E-state index contributed by atoms with van der Waals surface area (Å²) in [5, 5.41) is 10.7. The fourth-order valence-electron chi connectivity index (χ4n) is 4.60. The zero-order valence-corrected chi connectivity index (χ0v) is 19.7. The van der Waals surface area contributed by atoms with Crippen LogP contribution in [0, 0.1) is 5.82 Å². The molecule has 0 aromatic heterocycles. The molecule has 2 aromatic rings. The fraction of sp³-hybridized carbons (Fsp3) is 0.519. The van der Waals surface area contributed by atoms with Crippen LogP contribution >= 0.6 is 0 Å². The highest BCUT2D eigenvalue weighted by Crippen LogP contribution is 2.24. The van der Waals surface area contributed by atoms with Crippen molar-refractivity contribution in [3.05, 3.63) is 71.0 Å². The van der Waals surface area contributed by atoms with Crippen molar-refractivity contribution in [3.63, 3.8) is 0 Å². The van der Waals surface area contributed by atoms with Crippen molar-refractivity contribution < 1.29 is 23.8 Å². The number of hydrogen-bond acceptors (Lipinski definition) is 5. The van der Waals surface area contributed by atoms with Crippen LogP contribution in [-0.4, -0.2) is 54.4 Å². The van der Waals surface area contributed by atoms with Crippen molar-refractivity contribution in [2.24, 2.45) is 0 Å². The highest BCUT2D eigenvalue weighted by Gasteiger charge is 2.27. The lowest BCUT2D eigenvalue weighted by molar-refractivity contribution is -0.143. The number of aliphatic hydroxyl groups is 1. The molecule has 180 valence electrons. The molecular weight excluding hydrogens is 421 g/mol. The molecule has 0 amide bonds. The number of aryl methyl sites for hydroxylation is 1. The lowest BCUT2D eigenvalue weighted by Gasteiger charge is -2.27. The predicted molar refractivity (Wildman–Crippen MR) is 126 cm³/mol. The lowest BCUT2D eigenvalue weighted by atomic mass is 9.99. The maximum Gasteiger partial charge on any atom is 0.306 e. The molecule has 2 aromatic carbocycles. The first-order valence-electron chi connectivity index (χ1n) is 12.0. The lowest BCUT2D eigenvalue weighted by Crippen LogP contribution is -2.39. The number of carbonyl (C=O) groups is 1. The minimum Gasteiger partial charge on any atom is -0.466 e. The first kappa shape index (κ1) is 25.3. The van der Waals surface area contributed by atoms with Gasteiger partial charge in [-0.15, -0.1) is 0 Å². The Labute approximate surface area is 196 Å². The molecule has 33 heavy (non-hydrogen) atoms. The summed E-state index contributed by atoms with van der Waals surface area (Å²) >= 11 is 0. The van der Waals surface area contributed by atoms with Gasteiger partial charge in [0.25, 0.3) is 0 Å². The molecule has 0 bridgehead atoms. The summed E-state index contributed by atoms with van der Waals surface area (Å²) in [6, 6.07) is 15.0. The molecule has 0 radical (unpaired) electrons. The van der Waals surface area contributed by atoms with E-state index in [-0.39, 0.29) is 24.5 Å². The zero-order valence-electron chi connectivity index (χ0n) is 19.7. The molecule has 1 heterocycles. The van der Waals surface area contributed by atoms with Crippen LogP contribution in [0.25, 0.3) is 0 Å². The van der Waals surface area contributed by atoms with E-state index >= 15 is 0 Å². The highest BCUT2D eigenvalue weighted by atomic mass is 19.1. The molecule has 0 spiro atoms. The first-order chi connectivity index (χ1) is 16.0. The van der Waals surface area contributed by atoms with Crippen LogP contribution in [0.4, 0.5) is 4.39 Å². The van der Waals surface area contributed by atoms with Gasteiger partial charge in [-0.3, -0.25) is 9.69 Å². The van der Waals surface area contributed by atoms with Crippen LogP contribution in [0.1, 0.15) is 55.9 Å². The topological polar surface area (TPSA) is 59.0 Å². The standard InChI is InChI=1S/C27H36FNO4/c1-3-32-27(31)14-13-22-9-4-5-12-26(22)20(2)33-19-25(30)18-29-15-7-11-24(29)17-21-8-6-10-23(28)16-21/h4-6,8-10,12,16,20,24-25,30H,3,7,11,13-15,17-19H2,1-2H3/t20?,24-,25+/m0/s1. The number of benzene rings is 2. The van der Waals surface area contributed by atoms with Crippen molar-refractivity contribution in [1.82, 2.24) is 4.90 Å². The summed E-state index contributed by atoms with van der Waals surface area (Å²) in [6.45, 7) is 5.87. The molecule has 3 rings (SSSR count). The third kappa shape index (κ3) is 7.91. The Kier molecular flexibility index (Phi) is 9.85. The summed E-state index contributed by atoms with van der Waals surface area (Å²) in [5.41, 5.74) is 3.08. The molecule has 1 unspecified atom stereocenters. The van der Waals surface area contributed by atoms with Crippen LogP contribution in [0.5, 0.6) is 0 Å². The van der Waals surface area contributed by atoms with Crippen LogP contribution < -0.4 is 0 Å². The van der Waals surface area contributed by atoms with Crippen molar-refractivity contribution in [2.75, 3.05) is 26.3 Å². The molecule has 0 saturated carbocycles. The number of rotatable bonds is 12. The van der Waals surface area contributed by atoms with Gasteiger partial charge < -0.3 is 14.6 Å². The summed E-state index contributed by atoms with van der Waals surface area (Å²) in [4.78, 5) is 14.0. The second-order valence-corrected chi connectivity index (χ2v) is 8.76. The minimum atomic E-state index is -0.604. The molecule has 1 N–H and O–H groups in total. The number of hydrogen-bond donors (Lipinski definition) is 1. The second-order valence-electron chi connectivity index (χ2n) is 8.76. The summed E-state index contributed by atoms with van der Waals surface area (Å²) in [6.07, 6.45) is 3.05. The second kappa shape index (κ2) is 12.8. The Morgan fingerprint density at radius 1 is 1.24 bits per heavy atom. The first-order valence-corrected chi connectivity index (χ1v) is 12.0. The van der Waals surface area contributed by atoms with Gasteiger partial charge in [-0.05, 0) is 74.9 Å². The van der Waals surface area contributed by atoms with Crippen molar-refractivity contribution in [3.8, 4) is 0 Å². The van der Waals surface area contributed by atoms with Crippen molar-refractivity contribution in [1.29, 1.82) is 0 Å².